The first-order valence-corrected chi connectivity index (χ1v) is 16.7. The first-order valence-electron chi connectivity index (χ1n) is 13.1. The Morgan fingerprint density at radius 2 is 1.29 bits per heavy atom. The first-order chi connectivity index (χ1) is 17.8. The summed E-state index contributed by atoms with van der Waals surface area (Å²) < 4.78 is 47.0. The van der Waals surface area contributed by atoms with Crippen molar-refractivity contribution in [2.75, 3.05) is 25.6 Å². The lowest BCUT2D eigenvalue weighted by atomic mass is 9.92. The van der Waals surface area contributed by atoms with Gasteiger partial charge in [0.15, 0.2) is 15.6 Å². The summed E-state index contributed by atoms with van der Waals surface area (Å²) in [6.45, 7) is 12.8. The highest BCUT2D eigenvalue weighted by Gasteiger charge is 2.53. The van der Waals surface area contributed by atoms with Crippen molar-refractivity contribution in [2.24, 2.45) is 5.41 Å². The molecule has 0 radical (unpaired) electrons. The van der Waals surface area contributed by atoms with Crippen molar-refractivity contribution in [1.29, 1.82) is 0 Å². The van der Waals surface area contributed by atoms with Crippen LogP contribution in [0.4, 0.5) is 0 Å². The summed E-state index contributed by atoms with van der Waals surface area (Å²) in [6, 6.07) is 27.9. The molecule has 0 unspecified atom stereocenters. The van der Waals surface area contributed by atoms with Crippen molar-refractivity contribution in [2.45, 2.75) is 57.3 Å². The maximum Gasteiger partial charge on any atom is 0.261 e. The van der Waals surface area contributed by atoms with E-state index in [1.165, 1.54) is 0 Å². The van der Waals surface area contributed by atoms with E-state index in [4.69, 9.17) is 13.9 Å². The molecule has 1 saturated heterocycles. The van der Waals surface area contributed by atoms with Crippen molar-refractivity contribution in [3.63, 3.8) is 0 Å². The second-order valence-electron chi connectivity index (χ2n) is 12.0. The van der Waals surface area contributed by atoms with Gasteiger partial charge < -0.3 is 13.9 Å². The van der Waals surface area contributed by atoms with E-state index in [9.17, 15) is 8.42 Å². The van der Waals surface area contributed by atoms with Gasteiger partial charge in [-0.05, 0) is 47.8 Å². The molecular weight excluding hydrogens is 512 g/mol. The molecule has 1 aliphatic heterocycles. The molecule has 0 saturated carbocycles. The van der Waals surface area contributed by atoms with Gasteiger partial charge in [-0.1, -0.05) is 99.6 Å². The number of hydrogen-bond acceptors (Lipinski definition) is 5. The molecule has 0 aliphatic carbocycles. The highest BCUT2D eigenvalue weighted by atomic mass is 32.2. The Balaban J connectivity index is 1.79. The average molecular weight is 553 g/mol. The van der Waals surface area contributed by atoms with Gasteiger partial charge in [0.2, 0.25) is 0 Å². The van der Waals surface area contributed by atoms with E-state index in [-0.39, 0.29) is 30.6 Å². The second-order valence-corrected chi connectivity index (χ2v) is 18.2. The van der Waals surface area contributed by atoms with Crippen LogP contribution in [0.25, 0.3) is 0 Å². The van der Waals surface area contributed by atoms with E-state index in [0.29, 0.717) is 4.90 Å². The second kappa shape index (κ2) is 10.7. The number of rotatable bonds is 8. The third-order valence-electron chi connectivity index (χ3n) is 7.39. The monoisotopic (exact) mass is 552 g/mol. The highest BCUT2D eigenvalue weighted by Crippen LogP contribution is 2.40. The van der Waals surface area contributed by atoms with Gasteiger partial charge in [-0.25, -0.2) is 8.42 Å². The van der Waals surface area contributed by atoms with E-state index >= 15 is 0 Å². The smallest absolute Gasteiger partial charge is 0.261 e. The predicted molar refractivity (Wildman–Crippen MR) is 155 cm³/mol. The zero-order valence-corrected chi connectivity index (χ0v) is 25.2. The fourth-order valence-electron chi connectivity index (χ4n) is 5.35. The molecule has 3 aromatic rings. The molecule has 0 aromatic heterocycles. The van der Waals surface area contributed by atoms with E-state index in [2.05, 4.69) is 45.0 Å². The lowest BCUT2D eigenvalue weighted by Gasteiger charge is -2.48. The molecule has 4 rings (SSSR count). The summed E-state index contributed by atoms with van der Waals surface area (Å²) in [4.78, 5) is 0.342. The van der Waals surface area contributed by atoms with Gasteiger partial charge in [-0.15, -0.1) is 0 Å². The molecular formula is C31H40O5SSi. The van der Waals surface area contributed by atoms with Crippen molar-refractivity contribution in [3.8, 4) is 0 Å². The van der Waals surface area contributed by atoms with Gasteiger partial charge >= 0.3 is 0 Å². The average Bonchev–Trinajstić information content (AvgIpc) is 2.87. The molecule has 0 bridgehead atoms. The number of benzene rings is 3. The third kappa shape index (κ3) is 5.82. The predicted octanol–water partition coefficient (Wildman–Crippen LogP) is 5.11. The van der Waals surface area contributed by atoms with Crippen molar-refractivity contribution in [3.05, 3.63) is 90.5 Å². The minimum Gasteiger partial charge on any atom is -0.407 e. The molecule has 0 amide bonds. The molecule has 0 N–H and O–H groups in total. The molecule has 5 nitrogen and oxygen atoms in total. The topological polar surface area (TPSA) is 61.8 Å². The normalized spacial score (nSPS) is 17.7. The standard InChI is InChI=1S/C31H40O5SSi/c1-25-15-13-14-20-28(25)37(32,33)24-31(21-34-30(5,6)35-22-31)23-36-38(29(2,3)4,26-16-9-7-10-17-26)27-18-11-8-12-19-27/h7-20H,21-24H2,1-6H3. The van der Waals surface area contributed by atoms with Crippen molar-refractivity contribution < 1.29 is 22.3 Å². The fourth-order valence-corrected chi connectivity index (χ4v) is 12.1. The minimum absolute atomic E-state index is 0.126. The number of aryl methyl sites for hydroxylation is 1. The number of ether oxygens (including phenoxy) is 2. The molecule has 1 heterocycles. The maximum absolute atomic E-state index is 13.8. The summed E-state index contributed by atoms with van der Waals surface area (Å²) in [6.07, 6.45) is 0. The van der Waals surface area contributed by atoms with Crippen LogP contribution in [0.3, 0.4) is 0 Å². The molecule has 1 aliphatic rings. The van der Waals surface area contributed by atoms with Crippen molar-refractivity contribution >= 4 is 28.5 Å². The summed E-state index contributed by atoms with van der Waals surface area (Å²) in [7, 11) is -6.53. The summed E-state index contributed by atoms with van der Waals surface area (Å²) in [5, 5.41) is 2.06. The Morgan fingerprint density at radius 3 is 1.76 bits per heavy atom. The van der Waals surface area contributed by atoms with Crippen LogP contribution in [0.1, 0.15) is 40.2 Å². The van der Waals surface area contributed by atoms with Crippen LogP contribution in [0.5, 0.6) is 0 Å². The zero-order chi connectivity index (χ0) is 27.7. The Kier molecular flexibility index (Phi) is 8.08. The summed E-state index contributed by atoms with van der Waals surface area (Å²) in [5.41, 5.74) is -0.141. The van der Waals surface area contributed by atoms with Crippen LogP contribution in [-0.4, -0.2) is 48.1 Å². The van der Waals surface area contributed by atoms with E-state index in [1.807, 2.05) is 69.3 Å². The molecule has 0 atom stereocenters. The molecule has 204 valence electrons. The van der Waals surface area contributed by atoms with Crippen LogP contribution in [-0.2, 0) is 23.7 Å². The summed E-state index contributed by atoms with van der Waals surface area (Å²) >= 11 is 0. The van der Waals surface area contributed by atoms with Gasteiger partial charge in [-0.3, -0.25) is 0 Å². The van der Waals surface area contributed by atoms with Crippen LogP contribution < -0.4 is 10.4 Å². The minimum atomic E-state index is -3.64. The molecule has 3 aromatic carbocycles. The van der Waals surface area contributed by atoms with Gasteiger partial charge in [0, 0.05) is 6.61 Å². The van der Waals surface area contributed by atoms with Gasteiger partial charge in [-0.2, -0.15) is 0 Å². The summed E-state index contributed by atoms with van der Waals surface area (Å²) in [5.74, 6) is -0.910. The Morgan fingerprint density at radius 1 is 0.816 bits per heavy atom. The quantitative estimate of drug-likeness (QED) is 0.363. The third-order valence-corrected chi connectivity index (χ3v) is 14.5. The lowest BCUT2D eigenvalue weighted by Crippen LogP contribution is -2.68. The number of hydrogen-bond donors (Lipinski definition) is 0. The van der Waals surface area contributed by atoms with Gasteiger partial charge in [0.1, 0.15) is 0 Å². The van der Waals surface area contributed by atoms with Crippen molar-refractivity contribution in [1.82, 2.24) is 0 Å². The molecule has 1 fully saturated rings. The van der Waals surface area contributed by atoms with Crippen LogP contribution >= 0.6 is 0 Å². The number of sulfone groups is 1. The lowest BCUT2D eigenvalue weighted by molar-refractivity contribution is -0.285. The van der Waals surface area contributed by atoms with Crippen LogP contribution in [0.15, 0.2) is 89.8 Å². The van der Waals surface area contributed by atoms with Gasteiger partial charge in [0.05, 0.1) is 29.3 Å². The Hall–Kier alpha value is -2.29. The van der Waals surface area contributed by atoms with E-state index < -0.39 is 29.4 Å². The van der Waals surface area contributed by atoms with E-state index in [0.717, 1.165) is 15.9 Å². The van der Waals surface area contributed by atoms with E-state index in [1.54, 1.807) is 12.1 Å². The Labute approximate surface area is 229 Å². The largest absolute Gasteiger partial charge is 0.407 e. The maximum atomic E-state index is 13.8. The van der Waals surface area contributed by atoms with Gasteiger partial charge in [0.25, 0.3) is 8.32 Å². The first kappa shape index (κ1) is 28.7. The molecule has 7 heteroatoms. The Bertz CT molecular complexity index is 1280. The SMILES string of the molecule is Cc1ccccc1S(=O)(=O)CC1(CO[Si](c2ccccc2)(c2ccccc2)C(C)(C)C)COC(C)(C)OC1. The van der Waals surface area contributed by atoms with Crippen LogP contribution in [0, 0.1) is 12.3 Å². The highest BCUT2D eigenvalue weighted by molar-refractivity contribution is 7.91. The zero-order valence-electron chi connectivity index (χ0n) is 23.4. The fraction of sp³-hybridized carbons (Fsp3) is 0.419. The molecule has 0 spiro atoms. The van der Waals surface area contributed by atoms with Crippen LogP contribution in [0.2, 0.25) is 5.04 Å². The molecule has 38 heavy (non-hydrogen) atoms.